The average molecular weight is 437 g/mol. The zero-order valence-electron chi connectivity index (χ0n) is 18.9. The summed E-state index contributed by atoms with van der Waals surface area (Å²) in [5.41, 5.74) is 3.79. The number of hydrogen-bond donors (Lipinski definition) is 2. The topological polar surface area (TPSA) is 56.3 Å². The van der Waals surface area contributed by atoms with Gasteiger partial charge in [-0.3, -0.25) is 0 Å². The monoisotopic (exact) mass is 436 g/mol. The largest absolute Gasteiger partial charge is 0.369 e. The summed E-state index contributed by atoms with van der Waals surface area (Å²) in [6.07, 6.45) is 2.38. The number of thiophene rings is 1. The Morgan fingerprint density at radius 2 is 1.74 bits per heavy atom. The Morgan fingerprint density at radius 3 is 2.39 bits per heavy atom. The Kier molecular flexibility index (Phi) is 5.26. The van der Waals surface area contributed by atoms with Crippen LogP contribution in [0.4, 0.5) is 23.1 Å². The smallest absolute Gasteiger partial charge is 0.230 e. The van der Waals surface area contributed by atoms with Crippen molar-refractivity contribution in [3.63, 3.8) is 0 Å². The van der Waals surface area contributed by atoms with Gasteiger partial charge in [0.1, 0.15) is 10.6 Å². The third-order valence-electron chi connectivity index (χ3n) is 6.50. The quantitative estimate of drug-likeness (QED) is 0.549. The minimum atomic E-state index is 0.166. The molecule has 164 valence electrons. The number of piperazine rings is 1. The summed E-state index contributed by atoms with van der Waals surface area (Å²) in [7, 11) is 2.19. The van der Waals surface area contributed by atoms with E-state index in [9.17, 15) is 0 Å². The molecule has 0 unspecified atom stereocenters. The summed E-state index contributed by atoms with van der Waals surface area (Å²) in [4.78, 5) is 15.6. The number of fused-ring (bicyclic) bond motifs is 1. The minimum absolute atomic E-state index is 0.166. The molecule has 2 aliphatic rings. The van der Waals surface area contributed by atoms with Gasteiger partial charge < -0.3 is 20.4 Å². The van der Waals surface area contributed by atoms with E-state index in [-0.39, 0.29) is 5.54 Å². The summed E-state index contributed by atoms with van der Waals surface area (Å²) in [5, 5.41) is 10.6. The first-order valence-electron chi connectivity index (χ1n) is 11.3. The maximum absolute atomic E-state index is 4.91. The van der Waals surface area contributed by atoms with Crippen LogP contribution in [0.2, 0.25) is 0 Å². The zero-order chi connectivity index (χ0) is 21.6. The van der Waals surface area contributed by atoms with Crippen LogP contribution in [0.25, 0.3) is 10.2 Å². The molecule has 2 N–H and O–H groups in total. The molecule has 2 aromatic heterocycles. The highest BCUT2D eigenvalue weighted by molar-refractivity contribution is 7.17. The van der Waals surface area contributed by atoms with Gasteiger partial charge in [0.25, 0.3) is 0 Å². The molecule has 3 heterocycles. The lowest BCUT2D eigenvalue weighted by atomic mass is 10.0. The van der Waals surface area contributed by atoms with E-state index in [1.54, 1.807) is 11.3 Å². The van der Waals surface area contributed by atoms with Crippen molar-refractivity contribution in [2.75, 3.05) is 48.8 Å². The molecule has 0 atom stereocenters. The molecule has 2 fully saturated rings. The second kappa shape index (κ2) is 7.95. The van der Waals surface area contributed by atoms with Gasteiger partial charge in [0.15, 0.2) is 0 Å². The second-order valence-corrected chi connectivity index (χ2v) is 10.4. The van der Waals surface area contributed by atoms with Crippen LogP contribution in [0.15, 0.2) is 29.6 Å². The lowest BCUT2D eigenvalue weighted by Gasteiger charge is -2.34. The number of nitrogens with zero attached hydrogens (tertiary/aromatic N) is 4. The number of aromatic nitrogens is 2. The lowest BCUT2D eigenvalue weighted by Crippen LogP contribution is -2.44. The molecular formula is C24H32N6S. The van der Waals surface area contributed by atoms with Gasteiger partial charge in [-0.25, -0.2) is 4.98 Å². The molecule has 0 amide bonds. The van der Waals surface area contributed by atoms with Crippen molar-refractivity contribution in [1.82, 2.24) is 14.9 Å². The van der Waals surface area contributed by atoms with Crippen molar-refractivity contribution in [2.45, 2.75) is 45.1 Å². The Hall–Kier alpha value is -2.38. The van der Waals surface area contributed by atoms with E-state index >= 15 is 0 Å². The van der Waals surface area contributed by atoms with Crippen LogP contribution in [-0.4, -0.2) is 53.6 Å². The first kappa shape index (κ1) is 20.5. The molecule has 1 saturated carbocycles. The summed E-state index contributed by atoms with van der Waals surface area (Å²) in [5.74, 6) is 2.07. The van der Waals surface area contributed by atoms with Gasteiger partial charge in [-0.15, -0.1) is 11.3 Å². The second-order valence-electron chi connectivity index (χ2n) is 9.57. The van der Waals surface area contributed by atoms with E-state index in [1.165, 1.54) is 29.5 Å². The fraction of sp³-hybridized carbons (Fsp3) is 0.500. The minimum Gasteiger partial charge on any atom is -0.369 e. The van der Waals surface area contributed by atoms with Gasteiger partial charge in [0.05, 0.1) is 5.39 Å². The van der Waals surface area contributed by atoms with E-state index < -0.39 is 0 Å². The maximum atomic E-state index is 4.91. The van der Waals surface area contributed by atoms with Crippen LogP contribution in [-0.2, 0) is 0 Å². The average Bonchev–Trinajstić information content (AvgIpc) is 3.30. The Morgan fingerprint density at radius 1 is 1.03 bits per heavy atom. The molecule has 1 aromatic carbocycles. The first-order chi connectivity index (χ1) is 14.9. The highest BCUT2D eigenvalue weighted by atomic mass is 32.1. The van der Waals surface area contributed by atoms with Crippen LogP contribution in [0.1, 0.15) is 45.1 Å². The van der Waals surface area contributed by atoms with Crippen molar-refractivity contribution in [1.29, 1.82) is 0 Å². The molecule has 0 spiro atoms. The molecule has 6 nitrogen and oxygen atoms in total. The molecule has 1 aliphatic heterocycles. The predicted octanol–water partition coefficient (Wildman–Crippen LogP) is 5.27. The third kappa shape index (κ3) is 4.34. The molecule has 3 aromatic rings. The van der Waals surface area contributed by atoms with Crippen molar-refractivity contribution >= 4 is 44.7 Å². The predicted molar refractivity (Wildman–Crippen MR) is 132 cm³/mol. The number of anilines is 4. The number of likely N-dealkylation sites (N-methyl/N-ethyl adjacent to an activating group) is 1. The fourth-order valence-electron chi connectivity index (χ4n) is 4.08. The summed E-state index contributed by atoms with van der Waals surface area (Å²) < 4.78 is 0. The van der Waals surface area contributed by atoms with Crippen LogP contribution < -0.4 is 15.5 Å². The van der Waals surface area contributed by atoms with E-state index in [0.717, 1.165) is 42.5 Å². The van der Waals surface area contributed by atoms with E-state index in [2.05, 4.69) is 77.9 Å². The van der Waals surface area contributed by atoms with Crippen LogP contribution in [0.5, 0.6) is 0 Å². The van der Waals surface area contributed by atoms with Crippen molar-refractivity contribution in [3.05, 3.63) is 35.2 Å². The molecular weight excluding hydrogens is 404 g/mol. The Labute approximate surface area is 188 Å². The number of nitrogens with one attached hydrogen (secondary N) is 2. The molecule has 1 aliphatic carbocycles. The third-order valence-corrected chi connectivity index (χ3v) is 7.39. The van der Waals surface area contributed by atoms with E-state index in [1.807, 2.05) is 0 Å². The summed E-state index contributed by atoms with van der Waals surface area (Å²) in [6.45, 7) is 11.1. The van der Waals surface area contributed by atoms with Gasteiger partial charge in [-0.2, -0.15) is 4.98 Å². The number of hydrogen-bond acceptors (Lipinski definition) is 7. The van der Waals surface area contributed by atoms with Crippen molar-refractivity contribution in [2.24, 2.45) is 0 Å². The van der Waals surface area contributed by atoms with Crippen LogP contribution >= 0.6 is 11.3 Å². The van der Waals surface area contributed by atoms with E-state index in [4.69, 9.17) is 9.97 Å². The molecule has 0 radical (unpaired) electrons. The SMILES string of the molecule is CC(C)c1csc2nc(Nc3ccc(N4CCN(C)CC4)cc3)nc(NC3(C)CC3)c12. The Balaban J connectivity index is 1.40. The van der Waals surface area contributed by atoms with Crippen molar-refractivity contribution in [3.8, 4) is 0 Å². The summed E-state index contributed by atoms with van der Waals surface area (Å²) >= 11 is 1.71. The maximum Gasteiger partial charge on any atom is 0.230 e. The lowest BCUT2D eigenvalue weighted by molar-refractivity contribution is 0.313. The molecule has 0 bridgehead atoms. The normalized spacial score (nSPS) is 18.5. The standard InChI is InChI=1S/C24H32N6S/c1-16(2)19-15-31-22-20(19)21(28-24(3)9-10-24)26-23(27-22)25-17-5-7-18(8-6-17)30-13-11-29(4)12-14-30/h5-8,15-16H,9-14H2,1-4H3,(H2,25,26,27,28). The highest BCUT2D eigenvalue weighted by Crippen LogP contribution is 2.42. The summed E-state index contributed by atoms with van der Waals surface area (Å²) in [6, 6.07) is 8.64. The molecule has 7 heteroatoms. The molecule has 31 heavy (non-hydrogen) atoms. The molecule has 1 saturated heterocycles. The fourth-order valence-corrected chi connectivity index (χ4v) is 5.18. The van der Waals surface area contributed by atoms with Crippen LogP contribution in [0, 0.1) is 0 Å². The Bertz CT molecular complexity index is 1060. The van der Waals surface area contributed by atoms with Gasteiger partial charge in [0.2, 0.25) is 5.95 Å². The van der Waals surface area contributed by atoms with Crippen molar-refractivity contribution < 1.29 is 0 Å². The molecule has 5 rings (SSSR count). The van der Waals surface area contributed by atoms with Gasteiger partial charge in [-0.05, 0) is 67.9 Å². The highest BCUT2D eigenvalue weighted by Gasteiger charge is 2.38. The van der Waals surface area contributed by atoms with Gasteiger partial charge in [0, 0.05) is 43.1 Å². The number of rotatable bonds is 6. The van der Waals surface area contributed by atoms with E-state index in [0.29, 0.717) is 11.9 Å². The number of benzene rings is 1. The zero-order valence-corrected chi connectivity index (χ0v) is 19.7. The first-order valence-corrected chi connectivity index (χ1v) is 12.2. The van der Waals surface area contributed by atoms with Gasteiger partial charge in [-0.1, -0.05) is 13.8 Å². The van der Waals surface area contributed by atoms with Gasteiger partial charge >= 0.3 is 0 Å². The van der Waals surface area contributed by atoms with Crippen LogP contribution in [0.3, 0.4) is 0 Å².